The SMILES string of the molecule is Cc1cccc(NCc2nc3[nH]c4c(c(=O)n3n2)CCC4)c1. The molecule has 0 atom stereocenters. The van der Waals surface area contributed by atoms with Gasteiger partial charge in [-0.15, -0.1) is 5.10 Å². The van der Waals surface area contributed by atoms with Crippen molar-refractivity contribution in [2.24, 2.45) is 0 Å². The molecule has 0 bridgehead atoms. The molecule has 0 unspecified atom stereocenters. The summed E-state index contributed by atoms with van der Waals surface area (Å²) in [5.41, 5.74) is 4.06. The topological polar surface area (TPSA) is 75.1 Å². The molecule has 0 saturated heterocycles. The third-order valence-electron chi connectivity index (χ3n) is 4.05. The van der Waals surface area contributed by atoms with E-state index in [-0.39, 0.29) is 5.56 Å². The number of hydrogen-bond acceptors (Lipinski definition) is 4. The summed E-state index contributed by atoms with van der Waals surface area (Å²) in [5.74, 6) is 1.14. The molecule has 22 heavy (non-hydrogen) atoms. The van der Waals surface area contributed by atoms with Crippen molar-refractivity contribution in [1.82, 2.24) is 19.6 Å². The number of H-pyrrole nitrogens is 1. The Morgan fingerprint density at radius 3 is 3.14 bits per heavy atom. The zero-order valence-corrected chi connectivity index (χ0v) is 12.4. The Balaban J connectivity index is 1.63. The van der Waals surface area contributed by atoms with Crippen LogP contribution in [0.4, 0.5) is 5.69 Å². The van der Waals surface area contributed by atoms with Crippen LogP contribution in [0.2, 0.25) is 0 Å². The predicted octanol–water partition coefficient (Wildman–Crippen LogP) is 1.83. The van der Waals surface area contributed by atoms with Crippen LogP contribution in [0.25, 0.3) is 5.78 Å². The maximum Gasteiger partial charge on any atom is 0.279 e. The first kappa shape index (κ1) is 13.1. The average molecular weight is 295 g/mol. The zero-order chi connectivity index (χ0) is 15.1. The lowest BCUT2D eigenvalue weighted by Gasteiger charge is -2.03. The fourth-order valence-corrected chi connectivity index (χ4v) is 2.97. The number of aromatic amines is 1. The van der Waals surface area contributed by atoms with Crippen LogP contribution in [0.3, 0.4) is 0 Å². The molecule has 0 fully saturated rings. The van der Waals surface area contributed by atoms with Crippen molar-refractivity contribution in [2.75, 3.05) is 5.32 Å². The largest absolute Gasteiger partial charge is 0.378 e. The van der Waals surface area contributed by atoms with Crippen molar-refractivity contribution >= 4 is 11.5 Å². The summed E-state index contributed by atoms with van der Waals surface area (Å²) in [6, 6.07) is 8.12. The van der Waals surface area contributed by atoms with E-state index in [1.165, 1.54) is 10.1 Å². The summed E-state index contributed by atoms with van der Waals surface area (Å²) in [7, 11) is 0. The van der Waals surface area contributed by atoms with E-state index >= 15 is 0 Å². The van der Waals surface area contributed by atoms with Crippen LogP contribution < -0.4 is 10.9 Å². The smallest absolute Gasteiger partial charge is 0.279 e. The van der Waals surface area contributed by atoms with Gasteiger partial charge in [0, 0.05) is 16.9 Å². The summed E-state index contributed by atoms with van der Waals surface area (Å²) in [6.45, 7) is 2.54. The molecule has 3 aromatic rings. The van der Waals surface area contributed by atoms with Gasteiger partial charge in [0.15, 0.2) is 5.82 Å². The number of nitrogens with zero attached hydrogens (tertiary/aromatic N) is 3. The predicted molar refractivity (Wildman–Crippen MR) is 84.1 cm³/mol. The first-order valence-corrected chi connectivity index (χ1v) is 7.51. The van der Waals surface area contributed by atoms with Crippen LogP contribution in [-0.4, -0.2) is 19.6 Å². The van der Waals surface area contributed by atoms with Crippen LogP contribution in [0, 0.1) is 6.92 Å². The number of nitrogens with one attached hydrogen (secondary N) is 2. The number of benzene rings is 1. The van der Waals surface area contributed by atoms with E-state index in [0.717, 1.165) is 36.2 Å². The van der Waals surface area contributed by atoms with Crippen molar-refractivity contribution < 1.29 is 0 Å². The van der Waals surface area contributed by atoms with Gasteiger partial charge in [-0.2, -0.15) is 9.50 Å². The average Bonchev–Trinajstić information content (AvgIpc) is 3.12. The molecule has 0 radical (unpaired) electrons. The lowest BCUT2D eigenvalue weighted by atomic mass is 10.2. The maximum absolute atomic E-state index is 12.4. The van der Waals surface area contributed by atoms with Crippen molar-refractivity contribution in [1.29, 1.82) is 0 Å². The Labute approximate surface area is 127 Å². The molecular weight excluding hydrogens is 278 g/mol. The van der Waals surface area contributed by atoms with E-state index in [1.54, 1.807) is 0 Å². The van der Waals surface area contributed by atoms with Crippen molar-refractivity contribution in [2.45, 2.75) is 32.7 Å². The standard InChI is InChI=1S/C16H17N5O/c1-10-4-2-5-11(8-10)17-9-14-19-16-18-13-7-3-6-12(13)15(22)21(16)20-14/h2,4-5,8,17H,3,6-7,9H2,1H3,(H,18,19,20). The van der Waals surface area contributed by atoms with E-state index in [9.17, 15) is 4.79 Å². The molecule has 0 saturated carbocycles. The third kappa shape index (κ3) is 2.16. The summed E-state index contributed by atoms with van der Waals surface area (Å²) < 4.78 is 1.39. The minimum Gasteiger partial charge on any atom is -0.378 e. The van der Waals surface area contributed by atoms with Gasteiger partial charge >= 0.3 is 0 Å². The van der Waals surface area contributed by atoms with E-state index in [2.05, 4.69) is 39.4 Å². The lowest BCUT2D eigenvalue weighted by Crippen LogP contribution is -2.20. The van der Waals surface area contributed by atoms with E-state index in [1.807, 2.05) is 12.1 Å². The highest BCUT2D eigenvalue weighted by Crippen LogP contribution is 2.16. The van der Waals surface area contributed by atoms with Crippen LogP contribution in [0.5, 0.6) is 0 Å². The van der Waals surface area contributed by atoms with Gasteiger partial charge in [0.2, 0.25) is 5.78 Å². The summed E-state index contributed by atoms with van der Waals surface area (Å²) in [6.07, 6.45) is 2.78. The second-order valence-corrected chi connectivity index (χ2v) is 5.73. The molecule has 1 aliphatic carbocycles. The monoisotopic (exact) mass is 295 g/mol. The molecular formula is C16H17N5O. The quantitative estimate of drug-likeness (QED) is 0.773. The first-order chi connectivity index (χ1) is 10.7. The number of hydrogen-bond donors (Lipinski definition) is 2. The van der Waals surface area contributed by atoms with Crippen LogP contribution in [0.15, 0.2) is 29.1 Å². The van der Waals surface area contributed by atoms with Gasteiger partial charge in [0.1, 0.15) is 0 Å². The molecule has 112 valence electrons. The highest BCUT2D eigenvalue weighted by Gasteiger charge is 2.19. The van der Waals surface area contributed by atoms with Crippen LogP contribution >= 0.6 is 0 Å². The number of anilines is 1. The Hall–Kier alpha value is -2.63. The van der Waals surface area contributed by atoms with Crippen LogP contribution in [-0.2, 0) is 19.4 Å². The van der Waals surface area contributed by atoms with Crippen LogP contribution in [0.1, 0.15) is 29.1 Å². The Bertz CT molecular complexity index is 909. The summed E-state index contributed by atoms with van der Waals surface area (Å²) in [5, 5.41) is 7.61. The van der Waals surface area contributed by atoms with Gasteiger partial charge < -0.3 is 10.3 Å². The van der Waals surface area contributed by atoms with Crippen molar-refractivity contribution in [3.05, 3.63) is 57.3 Å². The Morgan fingerprint density at radius 2 is 2.27 bits per heavy atom. The first-order valence-electron chi connectivity index (χ1n) is 7.51. The fraction of sp³-hybridized carbons (Fsp3) is 0.312. The third-order valence-corrected chi connectivity index (χ3v) is 4.05. The Morgan fingerprint density at radius 1 is 1.36 bits per heavy atom. The number of rotatable bonds is 3. The van der Waals surface area contributed by atoms with Gasteiger partial charge in [0.25, 0.3) is 5.56 Å². The molecule has 1 aliphatic rings. The molecule has 2 heterocycles. The van der Waals surface area contributed by atoms with E-state index < -0.39 is 0 Å². The minimum atomic E-state index is -0.0319. The molecule has 0 spiro atoms. The highest BCUT2D eigenvalue weighted by molar-refractivity contribution is 5.45. The second kappa shape index (κ2) is 4.98. The van der Waals surface area contributed by atoms with Gasteiger partial charge in [-0.1, -0.05) is 12.1 Å². The number of aryl methyl sites for hydroxylation is 2. The number of aromatic nitrogens is 4. The molecule has 0 aliphatic heterocycles. The molecule has 6 heteroatoms. The normalized spacial score (nSPS) is 13.5. The molecule has 6 nitrogen and oxygen atoms in total. The number of fused-ring (bicyclic) bond motifs is 2. The molecule has 2 aromatic heterocycles. The lowest BCUT2D eigenvalue weighted by molar-refractivity contribution is 0.839. The molecule has 0 amide bonds. The van der Waals surface area contributed by atoms with Gasteiger partial charge in [-0.25, -0.2) is 0 Å². The van der Waals surface area contributed by atoms with Crippen molar-refractivity contribution in [3.8, 4) is 0 Å². The minimum absolute atomic E-state index is 0.0319. The summed E-state index contributed by atoms with van der Waals surface area (Å²) >= 11 is 0. The van der Waals surface area contributed by atoms with Gasteiger partial charge in [-0.3, -0.25) is 4.79 Å². The molecule has 4 rings (SSSR count). The maximum atomic E-state index is 12.4. The van der Waals surface area contributed by atoms with Gasteiger partial charge in [0.05, 0.1) is 6.54 Å². The summed E-state index contributed by atoms with van der Waals surface area (Å²) in [4.78, 5) is 20.0. The molecule has 2 N–H and O–H groups in total. The van der Waals surface area contributed by atoms with Crippen molar-refractivity contribution in [3.63, 3.8) is 0 Å². The highest BCUT2D eigenvalue weighted by atomic mass is 16.1. The van der Waals surface area contributed by atoms with Gasteiger partial charge in [-0.05, 0) is 43.9 Å². The van der Waals surface area contributed by atoms with E-state index in [4.69, 9.17) is 0 Å². The Kier molecular flexibility index (Phi) is 2.96. The second-order valence-electron chi connectivity index (χ2n) is 5.73. The van der Waals surface area contributed by atoms with E-state index in [0.29, 0.717) is 18.1 Å². The fourth-order valence-electron chi connectivity index (χ4n) is 2.97. The zero-order valence-electron chi connectivity index (χ0n) is 12.4. The molecule has 1 aromatic carbocycles.